The number of hydrogen-bond donors (Lipinski definition) is 1. The van der Waals surface area contributed by atoms with Gasteiger partial charge in [-0.1, -0.05) is 6.92 Å². The van der Waals surface area contributed by atoms with Crippen LogP contribution in [-0.2, 0) is 13.1 Å². The summed E-state index contributed by atoms with van der Waals surface area (Å²) in [4.78, 5) is 12.3. The second kappa shape index (κ2) is 6.60. The molecular weight excluding hydrogens is 324 g/mol. The molecule has 0 aromatic carbocycles. The number of carbonyl (C=O) groups is 1. The molecule has 0 fully saturated rings. The van der Waals surface area contributed by atoms with Gasteiger partial charge in [0, 0.05) is 34.4 Å². The number of aromatic nitrogens is 4. The Kier molecular flexibility index (Phi) is 4.53. The summed E-state index contributed by atoms with van der Waals surface area (Å²) in [6.07, 6.45) is 4.89. The van der Waals surface area contributed by atoms with Crippen molar-refractivity contribution in [2.24, 2.45) is 0 Å². The van der Waals surface area contributed by atoms with Crippen molar-refractivity contribution in [2.45, 2.75) is 40.3 Å². The van der Waals surface area contributed by atoms with Gasteiger partial charge in [-0.25, -0.2) is 4.79 Å². The molecule has 0 aliphatic carbocycles. The van der Waals surface area contributed by atoms with Crippen LogP contribution in [0.5, 0.6) is 0 Å². The maximum Gasteiger partial charge on any atom is 0.345 e. The zero-order valence-electron chi connectivity index (χ0n) is 14.0. The van der Waals surface area contributed by atoms with Gasteiger partial charge in [0.05, 0.1) is 18.4 Å². The van der Waals surface area contributed by atoms with Crippen LogP contribution < -0.4 is 0 Å². The number of aryl methyl sites for hydroxylation is 2. The van der Waals surface area contributed by atoms with Crippen LogP contribution >= 0.6 is 11.3 Å². The number of rotatable bonds is 6. The van der Waals surface area contributed by atoms with E-state index >= 15 is 0 Å². The third-order valence-electron chi connectivity index (χ3n) is 3.93. The summed E-state index contributed by atoms with van der Waals surface area (Å²) < 4.78 is 3.88. The van der Waals surface area contributed by atoms with E-state index in [0.29, 0.717) is 11.4 Å². The van der Waals surface area contributed by atoms with E-state index in [-0.39, 0.29) is 0 Å². The molecule has 0 spiro atoms. The number of carboxylic acids is 1. The number of aromatic carboxylic acids is 1. The molecule has 7 heteroatoms. The van der Waals surface area contributed by atoms with Crippen molar-refractivity contribution >= 4 is 17.3 Å². The Morgan fingerprint density at radius 1 is 1.33 bits per heavy atom. The summed E-state index contributed by atoms with van der Waals surface area (Å²) in [6, 6.07) is 3.47. The van der Waals surface area contributed by atoms with E-state index in [2.05, 4.69) is 24.0 Å². The molecular formula is C17H20N4O2S. The maximum absolute atomic E-state index is 11.0. The van der Waals surface area contributed by atoms with Crippen molar-refractivity contribution in [2.75, 3.05) is 0 Å². The molecule has 0 unspecified atom stereocenters. The molecule has 0 saturated carbocycles. The summed E-state index contributed by atoms with van der Waals surface area (Å²) in [6.45, 7) is 7.72. The third-order valence-corrected chi connectivity index (χ3v) is 4.99. The van der Waals surface area contributed by atoms with Crippen molar-refractivity contribution in [1.82, 2.24) is 19.6 Å². The van der Waals surface area contributed by atoms with Crippen LogP contribution in [0.25, 0.3) is 11.1 Å². The summed E-state index contributed by atoms with van der Waals surface area (Å²) in [5.74, 6) is -0.887. The molecule has 6 nitrogen and oxygen atoms in total. The normalized spacial score (nSPS) is 11.1. The Balaban J connectivity index is 1.84. The van der Waals surface area contributed by atoms with Crippen LogP contribution in [-0.4, -0.2) is 30.6 Å². The SMILES string of the molecule is CCCn1nc(C)c(-c2cnn(Cc3ccc(C(=O)O)s3)c2)c1C. The van der Waals surface area contributed by atoms with Gasteiger partial charge in [-0.3, -0.25) is 9.36 Å². The Morgan fingerprint density at radius 3 is 2.79 bits per heavy atom. The quantitative estimate of drug-likeness (QED) is 0.742. The summed E-state index contributed by atoms with van der Waals surface area (Å²) in [5.41, 5.74) is 4.33. The van der Waals surface area contributed by atoms with E-state index in [0.717, 1.165) is 40.4 Å². The molecule has 3 aromatic heterocycles. The van der Waals surface area contributed by atoms with Crippen molar-refractivity contribution in [1.29, 1.82) is 0 Å². The first-order valence-corrected chi connectivity index (χ1v) is 8.70. The summed E-state index contributed by atoms with van der Waals surface area (Å²) >= 11 is 1.28. The molecule has 1 N–H and O–H groups in total. The molecule has 3 rings (SSSR count). The van der Waals surface area contributed by atoms with Gasteiger partial charge in [0.25, 0.3) is 0 Å². The fourth-order valence-electron chi connectivity index (χ4n) is 2.86. The van der Waals surface area contributed by atoms with Crippen molar-refractivity contribution in [3.8, 4) is 11.1 Å². The van der Waals surface area contributed by atoms with Crippen molar-refractivity contribution < 1.29 is 9.90 Å². The number of hydrogen-bond acceptors (Lipinski definition) is 4. The maximum atomic E-state index is 11.0. The minimum Gasteiger partial charge on any atom is -0.477 e. The topological polar surface area (TPSA) is 72.9 Å². The van der Waals surface area contributed by atoms with E-state index in [4.69, 9.17) is 5.11 Å². The van der Waals surface area contributed by atoms with Crippen LogP contribution in [0, 0.1) is 13.8 Å². The van der Waals surface area contributed by atoms with E-state index in [1.165, 1.54) is 11.3 Å². The average Bonchev–Trinajstić information content (AvgIpc) is 3.22. The minimum absolute atomic E-state index is 0.352. The van der Waals surface area contributed by atoms with Gasteiger partial charge in [-0.2, -0.15) is 10.2 Å². The summed E-state index contributed by atoms with van der Waals surface area (Å²) in [5, 5.41) is 18.0. The van der Waals surface area contributed by atoms with Gasteiger partial charge < -0.3 is 5.11 Å². The van der Waals surface area contributed by atoms with Crippen molar-refractivity contribution in [3.63, 3.8) is 0 Å². The van der Waals surface area contributed by atoms with Crippen LogP contribution in [0.1, 0.15) is 39.3 Å². The Bertz CT molecular complexity index is 875. The third kappa shape index (κ3) is 3.12. The van der Waals surface area contributed by atoms with Gasteiger partial charge in [0.15, 0.2) is 0 Å². The first-order chi connectivity index (χ1) is 11.5. The predicted molar refractivity (Wildman–Crippen MR) is 93.6 cm³/mol. The van der Waals surface area contributed by atoms with Crippen LogP contribution in [0.4, 0.5) is 0 Å². The highest BCUT2D eigenvalue weighted by Crippen LogP contribution is 2.27. The molecule has 0 aliphatic rings. The van der Waals surface area contributed by atoms with Gasteiger partial charge in [-0.15, -0.1) is 11.3 Å². The highest BCUT2D eigenvalue weighted by Gasteiger charge is 2.15. The lowest BCUT2D eigenvalue weighted by Crippen LogP contribution is -2.01. The lowest BCUT2D eigenvalue weighted by Gasteiger charge is -2.02. The lowest BCUT2D eigenvalue weighted by atomic mass is 10.1. The highest BCUT2D eigenvalue weighted by atomic mass is 32.1. The van der Waals surface area contributed by atoms with Gasteiger partial charge in [0.1, 0.15) is 4.88 Å². The van der Waals surface area contributed by atoms with Crippen LogP contribution in [0.3, 0.4) is 0 Å². The van der Waals surface area contributed by atoms with Crippen LogP contribution in [0.15, 0.2) is 24.5 Å². The van der Waals surface area contributed by atoms with E-state index in [9.17, 15) is 4.79 Å². The average molecular weight is 344 g/mol. The second-order valence-electron chi connectivity index (χ2n) is 5.77. The van der Waals surface area contributed by atoms with Crippen LogP contribution in [0.2, 0.25) is 0 Å². The number of nitrogens with zero attached hydrogens (tertiary/aromatic N) is 4. The van der Waals surface area contributed by atoms with Gasteiger partial charge >= 0.3 is 5.97 Å². The zero-order chi connectivity index (χ0) is 17.3. The van der Waals surface area contributed by atoms with Gasteiger partial charge in [-0.05, 0) is 32.4 Å². The molecule has 0 amide bonds. The molecule has 0 aliphatic heterocycles. The molecule has 126 valence electrons. The fourth-order valence-corrected chi connectivity index (χ4v) is 3.70. The molecule has 0 radical (unpaired) electrons. The molecule has 0 saturated heterocycles. The Hall–Kier alpha value is -2.41. The van der Waals surface area contributed by atoms with E-state index < -0.39 is 5.97 Å². The number of carboxylic acid groups (broad SMARTS) is 1. The molecule has 0 bridgehead atoms. The fraction of sp³-hybridized carbons (Fsp3) is 0.353. The Labute approximate surface area is 144 Å². The molecule has 3 heterocycles. The second-order valence-corrected chi connectivity index (χ2v) is 6.93. The Morgan fingerprint density at radius 2 is 2.12 bits per heavy atom. The highest BCUT2D eigenvalue weighted by molar-refractivity contribution is 7.13. The van der Waals surface area contributed by atoms with E-state index in [1.54, 1.807) is 6.07 Å². The van der Waals surface area contributed by atoms with Gasteiger partial charge in [0.2, 0.25) is 0 Å². The van der Waals surface area contributed by atoms with Crippen molar-refractivity contribution in [3.05, 3.63) is 45.7 Å². The number of thiophene rings is 1. The first kappa shape index (κ1) is 16.4. The zero-order valence-corrected chi connectivity index (χ0v) is 14.8. The summed E-state index contributed by atoms with van der Waals surface area (Å²) in [7, 11) is 0. The smallest absolute Gasteiger partial charge is 0.345 e. The largest absolute Gasteiger partial charge is 0.477 e. The first-order valence-electron chi connectivity index (χ1n) is 7.88. The minimum atomic E-state index is -0.887. The lowest BCUT2D eigenvalue weighted by molar-refractivity contribution is 0.0702. The standard InChI is InChI=1S/C17H20N4O2S/c1-4-7-21-12(3)16(11(2)19-21)13-8-18-20(9-13)10-14-5-6-15(24-14)17(22)23/h5-6,8-9H,4,7,10H2,1-3H3,(H,22,23). The monoisotopic (exact) mass is 344 g/mol. The predicted octanol–water partition coefficient (Wildman–Crippen LogP) is 3.58. The molecule has 0 atom stereocenters. The van der Waals surface area contributed by atoms with E-state index in [1.807, 2.05) is 34.7 Å². The molecule has 3 aromatic rings. The molecule has 24 heavy (non-hydrogen) atoms.